The zero-order valence-corrected chi connectivity index (χ0v) is 18.2. The van der Waals surface area contributed by atoms with Crippen LogP contribution in [0.2, 0.25) is 0 Å². The van der Waals surface area contributed by atoms with E-state index in [1.54, 1.807) is 6.07 Å². The van der Waals surface area contributed by atoms with E-state index in [0.717, 1.165) is 42.3 Å². The van der Waals surface area contributed by atoms with E-state index in [1.165, 1.54) is 11.8 Å². The van der Waals surface area contributed by atoms with Crippen molar-refractivity contribution in [1.82, 2.24) is 9.78 Å². The molecule has 1 aliphatic carbocycles. The first-order valence-corrected chi connectivity index (χ1v) is 10.7. The van der Waals surface area contributed by atoms with Gasteiger partial charge in [0.1, 0.15) is 12.9 Å². The highest BCUT2D eigenvalue weighted by Crippen LogP contribution is 2.33. The maximum atomic E-state index is 13.0. The van der Waals surface area contributed by atoms with Crippen LogP contribution in [0.4, 0.5) is 5.69 Å². The Labute approximate surface area is 181 Å². The number of aliphatic hydroxyl groups is 1. The van der Waals surface area contributed by atoms with Gasteiger partial charge >= 0.3 is 11.6 Å². The Bertz CT molecular complexity index is 1090. The van der Waals surface area contributed by atoms with Crippen LogP contribution in [0, 0.1) is 6.92 Å². The first-order valence-electron chi connectivity index (χ1n) is 10.7. The van der Waals surface area contributed by atoms with Crippen LogP contribution >= 0.6 is 0 Å². The van der Waals surface area contributed by atoms with Crippen LogP contribution in [0.1, 0.15) is 54.8 Å². The molecule has 1 saturated carbocycles. The summed E-state index contributed by atoms with van der Waals surface area (Å²) >= 11 is 0. The van der Waals surface area contributed by atoms with Gasteiger partial charge in [0.25, 0.3) is 0 Å². The van der Waals surface area contributed by atoms with Crippen LogP contribution in [0.3, 0.4) is 0 Å². The average molecular weight is 426 g/mol. The van der Waals surface area contributed by atoms with Gasteiger partial charge in [-0.05, 0) is 44.7 Å². The molecule has 2 aromatic heterocycles. The van der Waals surface area contributed by atoms with Gasteiger partial charge in [-0.3, -0.25) is 14.3 Å². The van der Waals surface area contributed by atoms with Crippen molar-refractivity contribution in [2.24, 2.45) is 0 Å². The number of carbonyl (C=O) groups excluding carboxylic acids is 1. The van der Waals surface area contributed by atoms with Crippen LogP contribution in [-0.2, 0) is 0 Å². The fourth-order valence-electron chi connectivity index (χ4n) is 4.15. The highest BCUT2D eigenvalue weighted by molar-refractivity contribution is 6.04. The van der Waals surface area contributed by atoms with Gasteiger partial charge in [-0.15, -0.1) is 0 Å². The maximum Gasteiger partial charge on any atom is 0.325 e. The lowest BCUT2D eigenvalue weighted by molar-refractivity contribution is -0.890. The molecule has 1 fully saturated rings. The summed E-state index contributed by atoms with van der Waals surface area (Å²) in [6, 6.07) is 9.43. The number of amides is 1. The molecule has 8 heteroatoms. The van der Waals surface area contributed by atoms with Crippen LogP contribution in [0.15, 0.2) is 36.5 Å². The van der Waals surface area contributed by atoms with Gasteiger partial charge in [0.05, 0.1) is 30.0 Å². The van der Waals surface area contributed by atoms with E-state index in [0.29, 0.717) is 23.7 Å². The van der Waals surface area contributed by atoms with E-state index >= 15 is 0 Å². The largest absolute Gasteiger partial charge is 0.492 e. The summed E-state index contributed by atoms with van der Waals surface area (Å²) in [5.41, 5.74) is 2.60. The fraction of sp³-hybridized carbons (Fsp3) is 0.435. The van der Waals surface area contributed by atoms with E-state index in [9.17, 15) is 9.90 Å². The summed E-state index contributed by atoms with van der Waals surface area (Å²) in [6.45, 7) is 4.25. The molecule has 4 rings (SSSR count). The number of rotatable bonds is 6. The SMILES string of the molecule is CCOc1cc2nn(C3CCC(O)CC3)cc2cc1NC(=O)c1cccc(C)[n+]1OC. The van der Waals surface area contributed by atoms with Gasteiger partial charge < -0.3 is 15.2 Å². The zero-order chi connectivity index (χ0) is 22.0. The minimum Gasteiger partial charge on any atom is -0.492 e. The third-order valence-corrected chi connectivity index (χ3v) is 5.76. The Morgan fingerprint density at radius 3 is 2.77 bits per heavy atom. The molecule has 0 radical (unpaired) electrons. The molecule has 0 atom stereocenters. The lowest BCUT2D eigenvalue weighted by Crippen LogP contribution is -2.49. The van der Waals surface area contributed by atoms with Crippen LogP contribution in [0.25, 0.3) is 10.9 Å². The Morgan fingerprint density at radius 1 is 1.29 bits per heavy atom. The number of pyridine rings is 1. The number of carbonyl (C=O) groups is 1. The summed E-state index contributed by atoms with van der Waals surface area (Å²) in [4.78, 5) is 18.4. The van der Waals surface area contributed by atoms with E-state index in [2.05, 4.69) is 5.32 Å². The van der Waals surface area contributed by atoms with E-state index in [4.69, 9.17) is 14.7 Å². The smallest absolute Gasteiger partial charge is 0.325 e. The van der Waals surface area contributed by atoms with E-state index in [-0.39, 0.29) is 18.1 Å². The van der Waals surface area contributed by atoms with Gasteiger partial charge in [-0.1, -0.05) is 0 Å². The Kier molecular flexibility index (Phi) is 6.08. The monoisotopic (exact) mass is 425 g/mol. The Hall–Kier alpha value is -3.13. The molecule has 1 aromatic carbocycles. The molecule has 3 aromatic rings. The van der Waals surface area contributed by atoms with Gasteiger partial charge in [-0.25, -0.2) is 0 Å². The number of nitrogens with one attached hydrogen (secondary N) is 1. The Balaban J connectivity index is 1.65. The molecule has 0 spiro atoms. The molecule has 1 amide bonds. The molecule has 2 N–H and O–H groups in total. The molecule has 1 aliphatic rings. The van der Waals surface area contributed by atoms with Crippen molar-refractivity contribution < 1.29 is 24.2 Å². The first-order chi connectivity index (χ1) is 15.0. The molecular formula is C23H29N4O4+. The van der Waals surface area contributed by atoms with Crippen molar-refractivity contribution in [3.05, 3.63) is 47.9 Å². The summed E-state index contributed by atoms with van der Waals surface area (Å²) in [6.07, 6.45) is 5.20. The number of fused-ring (bicyclic) bond motifs is 1. The second-order valence-electron chi connectivity index (χ2n) is 7.90. The normalized spacial score (nSPS) is 18.7. The lowest BCUT2D eigenvalue weighted by atomic mass is 9.93. The minimum absolute atomic E-state index is 0.205. The van der Waals surface area contributed by atoms with Crippen molar-refractivity contribution in [2.45, 2.75) is 51.7 Å². The van der Waals surface area contributed by atoms with Gasteiger partial charge in [-0.2, -0.15) is 5.10 Å². The number of aromatic nitrogens is 3. The number of ether oxygens (including phenoxy) is 1. The second-order valence-corrected chi connectivity index (χ2v) is 7.90. The number of nitrogens with zero attached hydrogens (tertiary/aromatic N) is 3. The number of benzene rings is 1. The number of hydrogen-bond acceptors (Lipinski definition) is 5. The third kappa shape index (κ3) is 4.34. The maximum absolute atomic E-state index is 13.0. The first kappa shape index (κ1) is 21.1. The van der Waals surface area contributed by atoms with E-state index in [1.807, 2.05) is 49.0 Å². The summed E-state index contributed by atoms with van der Waals surface area (Å²) < 4.78 is 9.27. The van der Waals surface area contributed by atoms with Crippen molar-refractivity contribution in [1.29, 1.82) is 0 Å². The van der Waals surface area contributed by atoms with Gasteiger partial charge in [0, 0.05) is 41.4 Å². The number of aryl methyl sites for hydroxylation is 1. The minimum atomic E-state index is -0.292. The summed E-state index contributed by atoms with van der Waals surface area (Å²) in [7, 11) is 1.53. The number of hydrogen-bond donors (Lipinski definition) is 2. The average Bonchev–Trinajstić information content (AvgIpc) is 3.17. The predicted molar refractivity (Wildman–Crippen MR) is 116 cm³/mol. The highest BCUT2D eigenvalue weighted by Gasteiger charge is 2.25. The number of anilines is 1. The topological polar surface area (TPSA) is 89.5 Å². The van der Waals surface area contributed by atoms with Gasteiger partial charge in [0.2, 0.25) is 5.69 Å². The van der Waals surface area contributed by atoms with Crippen molar-refractivity contribution in [2.75, 3.05) is 19.0 Å². The van der Waals surface area contributed by atoms with Crippen LogP contribution < -0.4 is 19.6 Å². The van der Waals surface area contributed by atoms with Crippen molar-refractivity contribution in [3.8, 4) is 5.75 Å². The molecule has 0 saturated heterocycles. The molecule has 0 aliphatic heterocycles. The van der Waals surface area contributed by atoms with E-state index < -0.39 is 0 Å². The molecule has 164 valence electrons. The molecule has 31 heavy (non-hydrogen) atoms. The van der Waals surface area contributed by atoms with Crippen LogP contribution in [0.5, 0.6) is 5.75 Å². The molecule has 0 bridgehead atoms. The van der Waals surface area contributed by atoms with Crippen molar-refractivity contribution >= 4 is 22.5 Å². The van der Waals surface area contributed by atoms with Gasteiger partial charge in [0.15, 0.2) is 0 Å². The molecule has 0 unspecified atom stereocenters. The highest BCUT2D eigenvalue weighted by atomic mass is 16.6. The number of aliphatic hydroxyl groups excluding tert-OH is 1. The van der Waals surface area contributed by atoms with Crippen LogP contribution in [-0.4, -0.2) is 40.6 Å². The zero-order valence-electron chi connectivity index (χ0n) is 18.2. The molecule has 8 nitrogen and oxygen atoms in total. The van der Waals surface area contributed by atoms with Crippen molar-refractivity contribution in [3.63, 3.8) is 0 Å². The Morgan fingerprint density at radius 2 is 2.06 bits per heavy atom. The summed E-state index contributed by atoms with van der Waals surface area (Å²) in [5, 5.41) is 18.4. The quantitative estimate of drug-likeness (QED) is 0.593. The second kappa shape index (κ2) is 8.93. The molecular weight excluding hydrogens is 396 g/mol. The molecule has 2 heterocycles. The predicted octanol–water partition coefficient (Wildman–Crippen LogP) is 2.82. The standard InChI is InChI=1S/C23H28N4O4/c1-4-31-22-13-19-16(14-26(25-19)17-8-10-18(28)11-9-17)12-20(22)24-23(29)21-7-5-6-15(2)27(21)30-3/h5-7,12-14,17-18,28H,4,8-11H2,1-3H3/p+1. The third-order valence-electron chi connectivity index (χ3n) is 5.76. The summed E-state index contributed by atoms with van der Waals surface area (Å²) in [5.74, 6) is 0.281. The lowest BCUT2D eigenvalue weighted by Gasteiger charge is -2.25. The fourth-order valence-corrected chi connectivity index (χ4v) is 4.15.